The third kappa shape index (κ3) is 3.31. The Morgan fingerprint density at radius 3 is 2.63 bits per heavy atom. The molecule has 0 aliphatic rings. The fourth-order valence-electron chi connectivity index (χ4n) is 1.66. The molecule has 2 nitrogen and oxygen atoms in total. The van der Waals surface area contributed by atoms with Gasteiger partial charge in [-0.1, -0.05) is 29.3 Å². The first-order valence-electron chi connectivity index (χ1n) is 5.62. The van der Waals surface area contributed by atoms with Gasteiger partial charge in [0.05, 0.1) is 12.1 Å². The van der Waals surface area contributed by atoms with E-state index in [9.17, 15) is 4.39 Å². The zero-order chi connectivity index (χ0) is 13.8. The molecule has 2 rings (SSSR count). The topological polar surface area (TPSA) is 21.3 Å². The Bertz CT molecular complexity index is 569. The summed E-state index contributed by atoms with van der Waals surface area (Å²) in [6.07, 6.45) is 0. The molecule has 0 atom stereocenters. The lowest BCUT2D eigenvalue weighted by molar-refractivity contribution is 0.415. The minimum Gasteiger partial charge on any atom is -0.495 e. The molecule has 0 amide bonds. The Morgan fingerprint density at radius 2 is 1.95 bits per heavy atom. The summed E-state index contributed by atoms with van der Waals surface area (Å²) in [5, 5.41) is 4.00. The van der Waals surface area contributed by atoms with Crippen LogP contribution in [0.4, 0.5) is 10.1 Å². The standard InChI is InChI=1S/C14H12Cl2FNO/c1-19-14-7-9(5-6-12(14)16)18-8-10-11(15)3-2-4-13(10)17/h2-7,18H,8H2,1H3. The van der Waals surface area contributed by atoms with Crippen molar-refractivity contribution in [3.05, 3.63) is 57.8 Å². The Balaban J connectivity index is 2.15. The average molecular weight is 300 g/mol. The van der Waals surface area contributed by atoms with Gasteiger partial charge in [0.25, 0.3) is 0 Å². The van der Waals surface area contributed by atoms with Gasteiger partial charge in [0.2, 0.25) is 0 Å². The van der Waals surface area contributed by atoms with E-state index < -0.39 is 0 Å². The van der Waals surface area contributed by atoms with Gasteiger partial charge in [-0.2, -0.15) is 0 Å². The lowest BCUT2D eigenvalue weighted by Crippen LogP contribution is -2.02. The second-order valence-corrected chi connectivity index (χ2v) is 4.72. The molecule has 0 aliphatic carbocycles. The van der Waals surface area contributed by atoms with E-state index in [2.05, 4.69) is 5.32 Å². The number of nitrogens with one attached hydrogen (secondary N) is 1. The maximum absolute atomic E-state index is 13.6. The van der Waals surface area contributed by atoms with E-state index in [4.69, 9.17) is 27.9 Å². The third-order valence-corrected chi connectivity index (χ3v) is 3.35. The Labute approximate surface area is 121 Å². The van der Waals surface area contributed by atoms with Crippen molar-refractivity contribution in [2.75, 3.05) is 12.4 Å². The van der Waals surface area contributed by atoms with E-state index >= 15 is 0 Å². The molecule has 19 heavy (non-hydrogen) atoms. The van der Waals surface area contributed by atoms with Crippen LogP contribution in [0.1, 0.15) is 5.56 Å². The quantitative estimate of drug-likeness (QED) is 0.879. The predicted octanol–water partition coefficient (Wildman–Crippen LogP) is 4.75. The number of rotatable bonds is 4. The first-order valence-corrected chi connectivity index (χ1v) is 6.37. The van der Waals surface area contributed by atoms with Crippen molar-refractivity contribution in [1.82, 2.24) is 0 Å². The van der Waals surface area contributed by atoms with Gasteiger partial charge in [0, 0.05) is 28.9 Å². The smallest absolute Gasteiger partial charge is 0.139 e. The second-order valence-electron chi connectivity index (χ2n) is 3.90. The molecule has 100 valence electrons. The molecule has 0 aliphatic heterocycles. The SMILES string of the molecule is COc1cc(NCc2c(F)cccc2Cl)ccc1Cl. The lowest BCUT2D eigenvalue weighted by Gasteiger charge is -2.11. The monoisotopic (exact) mass is 299 g/mol. The van der Waals surface area contributed by atoms with E-state index in [0.29, 0.717) is 21.4 Å². The van der Waals surface area contributed by atoms with E-state index in [-0.39, 0.29) is 12.4 Å². The zero-order valence-corrected chi connectivity index (χ0v) is 11.7. The minimum absolute atomic E-state index is 0.288. The highest BCUT2D eigenvalue weighted by Crippen LogP contribution is 2.28. The Kier molecular flexibility index (Phi) is 4.51. The van der Waals surface area contributed by atoms with E-state index in [1.54, 1.807) is 37.4 Å². The summed E-state index contributed by atoms with van der Waals surface area (Å²) in [4.78, 5) is 0. The number of ether oxygens (including phenoxy) is 1. The van der Waals surface area contributed by atoms with Crippen LogP contribution in [0.2, 0.25) is 10.0 Å². The Morgan fingerprint density at radius 1 is 1.16 bits per heavy atom. The van der Waals surface area contributed by atoms with Crippen LogP contribution in [0.25, 0.3) is 0 Å². The molecule has 0 fully saturated rings. The molecule has 0 bridgehead atoms. The summed E-state index contributed by atoms with van der Waals surface area (Å²) in [5.74, 6) is 0.229. The van der Waals surface area contributed by atoms with Crippen LogP contribution in [0.15, 0.2) is 36.4 Å². The third-order valence-electron chi connectivity index (χ3n) is 2.68. The van der Waals surface area contributed by atoms with Crippen molar-refractivity contribution >= 4 is 28.9 Å². The van der Waals surface area contributed by atoms with Crippen molar-refractivity contribution in [3.8, 4) is 5.75 Å². The fraction of sp³-hybridized carbons (Fsp3) is 0.143. The molecule has 1 N–H and O–H groups in total. The highest BCUT2D eigenvalue weighted by molar-refractivity contribution is 6.32. The Hall–Kier alpha value is -1.45. The van der Waals surface area contributed by atoms with Crippen molar-refractivity contribution in [1.29, 1.82) is 0 Å². The average Bonchev–Trinajstić information content (AvgIpc) is 2.40. The maximum Gasteiger partial charge on any atom is 0.139 e. The lowest BCUT2D eigenvalue weighted by atomic mass is 10.2. The van der Waals surface area contributed by atoms with Crippen LogP contribution in [-0.2, 0) is 6.54 Å². The molecule has 0 saturated carbocycles. The largest absolute Gasteiger partial charge is 0.495 e. The van der Waals surface area contributed by atoms with E-state index in [0.717, 1.165) is 5.69 Å². The van der Waals surface area contributed by atoms with Gasteiger partial charge in [-0.05, 0) is 24.3 Å². The van der Waals surface area contributed by atoms with Gasteiger partial charge in [0.15, 0.2) is 0 Å². The van der Waals surface area contributed by atoms with Gasteiger partial charge in [0.1, 0.15) is 11.6 Å². The first-order chi connectivity index (χ1) is 9.11. The summed E-state index contributed by atoms with van der Waals surface area (Å²) in [5.41, 5.74) is 1.21. The highest BCUT2D eigenvalue weighted by Gasteiger charge is 2.07. The van der Waals surface area contributed by atoms with Gasteiger partial charge >= 0.3 is 0 Å². The van der Waals surface area contributed by atoms with Gasteiger partial charge in [-0.15, -0.1) is 0 Å². The number of methoxy groups -OCH3 is 1. The van der Waals surface area contributed by atoms with Crippen LogP contribution < -0.4 is 10.1 Å². The molecule has 5 heteroatoms. The number of anilines is 1. The second kappa shape index (κ2) is 6.13. The van der Waals surface area contributed by atoms with Crippen LogP contribution in [-0.4, -0.2) is 7.11 Å². The van der Waals surface area contributed by atoms with Crippen molar-refractivity contribution < 1.29 is 9.13 Å². The normalized spacial score (nSPS) is 10.3. The molecular formula is C14H12Cl2FNO. The molecule has 0 radical (unpaired) electrons. The number of hydrogen-bond acceptors (Lipinski definition) is 2. The van der Waals surface area contributed by atoms with Crippen LogP contribution in [0.5, 0.6) is 5.75 Å². The van der Waals surface area contributed by atoms with Crippen LogP contribution in [0.3, 0.4) is 0 Å². The number of hydrogen-bond donors (Lipinski definition) is 1. The molecule has 0 heterocycles. The van der Waals surface area contributed by atoms with Gasteiger partial charge in [-0.3, -0.25) is 0 Å². The molecule has 0 aromatic heterocycles. The molecule has 0 spiro atoms. The van der Waals surface area contributed by atoms with Crippen molar-refractivity contribution in [2.24, 2.45) is 0 Å². The maximum atomic E-state index is 13.6. The minimum atomic E-state index is -0.332. The summed E-state index contributed by atoms with van der Waals surface area (Å²) in [7, 11) is 1.54. The summed E-state index contributed by atoms with van der Waals surface area (Å²) in [6.45, 7) is 0.288. The zero-order valence-electron chi connectivity index (χ0n) is 10.2. The summed E-state index contributed by atoms with van der Waals surface area (Å²) < 4.78 is 18.7. The highest BCUT2D eigenvalue weighted by atomic mass is 35.5. The molecular weight excluding hydrogens is 288 g/mol. The van der Waals surface area contributed by atoms with Gasteiger partial charge < -0.3 is 10.1 Å². The first kappa shape index (κ1) is 14.0. The van der Waals surface area contributed by atoms with Crippen LogP contribution >= 0.6 is 23.2 Å². The van der Waals surface area contributed by atoms with Crippen LogP contribution in [0, 0.1) is 5.82 Å². The summed E-state index contributed by atoms with van der Waals surface area (Å²) in [6, 6.07) is 9.87. The molecule has 0 unspecified atom stereocenters. The summed E-state index contributed by atoms with van der Waals surface area (Å²) >= 11 is 11.9. The number of halogens is 3. The van der Waals surface area contributed by atoms with Crippen molar-refractivity contribution in [2.45, 2.75) is 6.54 Å². The van der Waals surface area contributed by atoms with Crippen molar-refractivity contribution in [3.63, 3.8) is 0 Å². The van der Waals surface area contributed by atoms with E-state index in [1.165, 1.54) is 6.07 Å². The molecule has 0 saturated heterocycles. The van der Waals surface area contributed by atoms with Gasteiger partial charge in [-0.25, -0.2) is 4.39 Å². The predicted molar refractivity (Wildman–Crippen MR) is 76.7 cm³/mol. The molecule has 2 aromatic carbocycles. The van der Waals surface area contributed by atoms with E-state index in [1.807, 2.05) is 0 Å². The fourth-order valence-corrected chi connectivity index (χ4v) is 2.09. The number of benzene rings is 2. The molecule has 2 aromatic rings.